The first-order valence-electron chi connectivity index (χ1n) is 10.4. The third-order valence-corrected chi connectivity index (χ3v) is 6.43. The summed E-state index contributed by atoms with van der Waals surface area (Å²) in [6, 6.07) is 7.97. The van der Waals surface area contributed by atoms with Crippen LogP contribution in [-0.2, 0) is 20.6 Å². The van der Waals surface area contributed by atoms with Crippen molar-refractivity contribution in [2.75, 3.05) is 46.1 Å². The second-order valence-electron chi connectivity index (χ2n) is 8.20. The molecule has 1 aromatic rings. The Morgan fingerprint density at radius 3 is 2.56 bits per heavy atom. The summed E-state index contributed by atoms with van der Waals surface area (Å²) in [7, 11) is 0. The maximum absolute atomic E-state index is 12.7. The molecule has 3 aliphatic rings. The fraction of sp³-hybridized carbons (Fsp3) is 0.682. The van der Waals surface area contributed by atoms with Gasteiger partial charge in [-0.3, -0.25) is 4.79 Å². The van der Waals surface area contributed by atoms with Crippen molar-refractivity contribution >= 4 is 5.91 Å². The topological polar surface area (TPSA) is 48.0 Å². The lowest BCUT2D eigenvalue weighted by atomic mass is 9.81. The van der Waals surface area contributed by atoms with Gasteiger partial charge in [0.1, 0.15) is 5.60 Å². The summed E-state index contributed by atoms with van der Waals surface area (Å²) < 4.78 is 17.6. The van der Waals surface area contributed by atoms with Gasteiger partial charge < -0.3 is 19.1 Å². The number of rotatable bonds is 6. The zero-order valence-corrected chi connectivity index (χ0v) is 16.3. The smallest absolute Gasteiger partial charge is 0.254 e. The number of amides is 1. The normalized spacial score (nSPS) is 24.9. The van der Waals surface area contributed by atoms with Gasteiger partial charge in [0.05, 0.1) is 19.7 Å². The van der Waals surface area contributed by atoms with Crippen LogP contribution in [0.3, 0.4) is 0 Å². The third-order valence-electron chi connectivity index (χ3n) is 6.43. The van der Waals surface area contributed by atoms with Crippen molar-refractivity contribution in [3.8, 4) is 0 Å². The van der Waals surface area contributed by atoms with Gasteiger partial charge in [0.2, 0.25) is 0 Å². The lowest BCUT2D eigenvalue weighted by molar-refractivity contribution is -0.129. The highest BCUT2D eigenvalue weighted by molar-refractivity contribution is 5.95. The molecule has 3 aliphatic heterocycles. The lowest BCUT2D eigenvalue weighted by Crippen LogP contribution is -2.66. The molecule has 4 rings (SSSR count). The molecule has 27 heavy (non-hydrogen) atoms. The molecule has 0 bridgehead atoms. The molecule has 1 amide bonds. The van der Waals surface area contributed by atoms with Crippen LogP contribution in [-0.4, -0.2) is 62.5 Å². The monoisotopic (exact) mass is 373 g/mol. The average Bonchev–Trinajstić information content (AvgIpc) is 3.11. The van der Waals surface area contributed by atoms with Crippen molar-refractivity contribution in [3.63, 3.8) is 0 Å². The average molecular weight is 373 g/mol. The highest BCUT2D eigenvalue weighted by atomic mass is 16.5. The fourth-order valence-electron chi connectivity index (χ4n) is 4.47. The summed E-state index contributed by atoms with van der Waals surface area (Å²) in [5.74, 6) is 1.13. The van der Waals surface area contributed by atoms with Crippen LogP contribution in [0.25, 0.3) is 0 Å². The van der Waals surface area contributed by atoms with E-state index in [1.165, 1.54) is 5.56 Å². The second-order valence-corrected chi connectivity index (χ2v) is 8.20. The molecular formula is C22H31NO4. The van der Waals surface area contributed by atoms with E-state index in [9.17, 15) is 4.79 Å². The third kappa shape index (κ3) is 4.05. The SMILES string of the molecule is CCc1ccc(C(=O)N2CC3(C2)OCCC3COCC2CCOCC2)cc1. The number of hydrogen-bond donors (Lipinski definition) is 0. The van der Waals surface area contributed by atoms with Crippen molar-refractivity contribution in [1.29, 1.82) is 0 Å². The van der Waals surface area contributed by atoms with Gasteiger partial charge in [0.25, 0.3) is 5.91 Å². The van der Waals surface area contributed by atoms with Crippen molar-refractivity contribution in [2.24, 2.45) is 11.8 Å². The minimum atomic E-state index is -0.186. The van der Waals surface area contributed by atoms with E-state index in [-0.39, 0.29) is 11.5 Å². The van der Waals surface area contributed by atoms with Crippen LogP contribution >= 0.6 is 0 Å². The predicted octanol–water partition coefficient (Wildman–Crippen LogP) is 2.92. The van der Waals surface area contributed by atoms with Crippen LogP contribution in [0.4, 0.5) is 0 Å². The van der Waals surface area contributed by atoms with E-state index >= 15 is 0 Å². The van der Waals surface area contributed by atoms with Gasteiger partial charge in [0.15, 0.2) is 0 Å². The van der Waals surface area contributed by atoms with E-state index in [0.29, 0.717) is 24.9 Å². The maximum Gasteiger partial charge on any atom is 0.254 e. The standard InChI is InChI=1S/C22H31NO4/c1-2-17-3-5-19(6-4-17)21(24)23-15-22(16-23)20(9-12-27-22)14-26-13-18-7-10-25-11-8-18/h3-6,18,20H,2,7-16H2,1H3. The van der Waals surface area contributed by atoms with Gasteiger partial charge in [-0.05, 0) is 49.3 Å². The summed E-state index contributed by atoms with van der Waals surface area (Å²) in [5.41, 5.74) is 1.84. The van der Waals surface area contributed by atoms with E-state index in [4.69, 9.17) is 14.2 Å². The Kier molecular flexibility index (Phi) is 5.81. The number of benzene rings is 1. The number of carbonyl (C=O) groups is 1. The molecule has 3 saturated heterocycles. The quantitative estimate of drug-likeness (QED) is 0.769. The molecule has 0 radical (unpaired) electrons. The number of hydrogen-bond acceptors (Lipinski definition) is 4. The van der Waals surface area contributed by atoms with Crippen LogP contribution in [0.2, 0.25) is 0 Å². The van der Waals surface area contributed by atoms with Crippen molar-refractivity contribution in [2.45, 2.75) is 38.2 Å². The number of nitrogens with zero attached hydrogens (tertiary/aromatic N) is 1. The second kappa shape index (κ2) is 8.29. The van der Waals surface area contributed by atoms with Crippen molar-refractivity contribution in [3.05, 3.63) is 35.4 Å². The Morgan fingerprint density at radius 1 is 1.11 bits per heavy atom. The van der Waals surface area contributed by atoms with E-state index in [0.717, 1.165) is 64.3 Å². The highest BCUT2D eigenvalue weighted by Gasteiger charge is 2.54. The van der Waals surface area contributed by atoms with E-state index in [1.54, 1.807) is 0 Å². The minimum Gasteiger partial charge on any atom is -0.381 e. The van der Waals surface area contributed by atoms with Crippen LogP contribution in [0, 0.1) is 11.8 Å². The minimum absolute atomic E-state index is 0.112. The Morgan fingerprint density at radius 2 is 1.85 bits per heavy atom. The Labute approximate surface area is 162 Å². The molecule has 0 aromatic heterocycles. The fourth-order valence-corrected chi connectivity index (χ4v) is 4.47. The van der Waals surface area contributed by atoms with E-state index in [2.05, 4.69) is 6.92 Å². The molecule has 1 spiro atoms. The number of carbonyl (C=O) groups excluding carboxylic acids is 1. The Bertz CT molecular complexity index is 632. The molecule has 1 aromatic carbocycles. The largest absolute Gasteiger partial charge is 0.381 e. The Hall–Kier alpha value is -1.43. The zero-order valence-electron chi connectivity index (χ0n) is 16.3. The predicted molar refractivity (Wildman–Crippen MR) is 103 cm³/mol. The highest BCUT2D eigenvalue weighted by Crippen LogP contribution is 2.40. The van der Waals surface area contributed by atoms with E-state index < -0.39 is 0 Å². The Balaban J connectivity index is 1.27. The summed E-state index contributed by atoms with van der Waals surface area (Å²) in [5, 5.41) is 0. The van der Waals surface area contributed by atoms with Crippen LogP contribution < -0.4 is 0 Å². The first-order chi connectivity index (χ1) is 13.2. The molecule has 5 nitrogen and oxygen atoms in total. The molecule has 148 valence electrons. The molecule has 0 saturated carbocycles. The van der Waals surface area contributed by atoms with E-state index in [1.807, 2.05) is 29.2 Å². The van der Waals surface area contributed by atoms with Gasteiger partial charge in [-0.1, -0.05) is 19.1 Å². The lowest BCUT2D eigenvalue weighted by Gasteiger charge is -2.50. The molecular weight excluding hydrogens is 342 g/mol. The summed E-state index contributed by atoms with van der Waals surface area (Å²) in [4.78, 5) is 14.6. The molecule has 0 aliphatic carbocycles. The molecule has 1 unspecified atom stereocenters. The van der Waals surface area contributed by atoms with Gasteiger partial charge in [0, 0.05) is 37.9 Å². The first kappa shape index (κ1) is 18.9. The maximum atomic E-state index is 12.7. The summed E-state index contributed by atoms with van der Waals surface area (Å²) >= 11 is 0. The first-order valence-corrected chi connectivity index (χ1v) is 10.4. The number of ether oxygens (including phenoxy) is 3. The van der Waals surface area contributed by atoms with Crippen molar-refractivity contribution in [1.82, 2.24) is 4.90 Å². The number of aryl methyl sites for hydroxylation is 1. The van der Waals surface area contributed by atoms with Crippen LogP contribution in [0.15, 0.2) is 24.3 Å². The molecule has 1 atom stereocenters. The molecule has 5 heteroatoms. The number of likely N-dealkylation sites (tertiary alicyclic amines) is 1. The van der Waals surface area contributed by atoms with Gasteiger partial charge in [-0.25, -0.2) is 0 Å². The van der Waals surface area contributed by atoms with Crippen molar-refractivity contribution < 1.29 is 19.0 Å². The van der Waals surface area contributed by atoms with Gasteiger partial charge >= 0.3 is 0 Å². The molecule has 3 fully saturated rings. The molecule has 3 heterocycles. The molecule has 0 N–H and O–H groups in total. The van der Waals surface area contributed by atoms with Crippen LogP contribution in [0.1, 0.15) is 42.1 Å². The van der Waals surface area contributed by atoms with Gasteiger partial charge in [-0.15, -0.1) is 0 Å². The van der Waals surface area contributed by atoms with Crippen LogP contribution in [0.5, 0.6) is 0 Å². The van der Waals surface area contributed by atoms with Gasteiger partial charge in [-0.2, -0.15) is 0 Å². The summed E-state index contributed by atoms with van der Waals surface area (Å²) in [6.07, 6.45) is 4.22. The summed E-state index contributed by atoms with van der Waals surface area (Å²) in [6.45, 7) is 7.56. The zero-order chi connectivity index (χ0) is 18.7.